The minimum atomic E-state index is 0.205. The molecule has 0 bridgehead atoms. The Morgan fingerprint density at radius 3 is 2.81 bits per heavy atom. The van der Waals surface area contributed by atoms with Crippen molar-refractivity contribution in [3.8, 4) is 17.0 Å². The van der Waals surface area contributed by atoms with E-state index in [1.54, 1.807) is 14.0 Å². The van der Waals surface area contributed by atoms with Gasteiger partial charge in [-0.1, -0.05) is 30.2 Å². The van der Waals surface area contributed by atoms with E-state index in [1.165, 1.54) is 5.56 Å². The number of hydrogen-bond acceptors (Lipinski definition) is 4. The molecule has 0 fully saturated rings. The number of aryl methyl sites for hydroxylation is 1. The van der Waals surface area contributed by atoms with Crippen molar-refractivity contribution in [2.45, 2.75) is 33.2 Å². The van der Waals surface area contributed by atoms with E-state index >= 15 is 0 Å². The highest BCUT2D eigenvalue weighted by Gasteiger charge is 2.18. The molecule has 2 aromatic rings. The van der Waals surface area contributed by atoms with Crippen molar-refractivity contribution in [1.29, 1.82) is 0 Å². The van der Waals surface area contributed by atoms with Gasteiger partial charge in [0.1, 0.15) is 17.2 Å². The summed E-state index contributed by atoms with van der Waals surface area (Å²) in [5.74, 6) is 1.76. The van der Waals surface area contributed by atoms with Gasteiger partial charge in [-0.2, -0.15) is 0 Å². The Labute approximate surface area is 123 Å². The highest BCUT2D eigenvalue weighted by molar-refractivity contribution is 5.71. The maximum absolute atomic E-state index is 8.52. The fourth-order valence-electron chi connectivity index (χ4n) is 2.16. The summed E-state index contributed by atoms with van der Waals surface area (Å²) in [6.07, 6.45) is 0. The first-order valence-corrected chi connectivity index (χ1v) is 6.72. The number of rotatable bonds is 5. The van der Waals surface area contributed by atoms with Gasteiger partial charge in [-0.25, -0.2) is 0 Å². The first-order valence-electron chi connectivity index (χ1n) is 6.72. The lowest BCUT2D eigenvalue weighted by Gasteiger charge is -2.12. The number of nitrogens with zero attached hydrogens (tertiary/aromatic N) is 4. The van der Waals surface area contributed by atoms with Crippen LogP contribution < -0.4 is 4.74 Å². The van der Waals surface area contributed by atoms with Gasteiger partial charge in [0.15, 0.2) is 0 Å². The molecule has 6 heteroatoms. The molecule has 0 spiro atoms. The van der Waals surface area contributed by atoms with Gasteiger partial charge in [-0.05, 0) is 36.1 Å². The molecule has 0 amide bonds. The minimum absolute atomic E-state index is 0.205. The van der Waals surface area contributed by atoms with Crippen LogP contribution in [0.1, 0.15) is 36.7 Å². The molecular weight excluding hydrogens is 268 g/mol. The summed E-state index contributed by atoms with van der Waals surface area (Å²) in [5.41, 5.74) is 12.0. The summed E-state index contributed by atoms with van der Waals surface area (Å²) in [6.45, 7) is 6.26. The molecular formula is C15H18N4O2. The number of azide groups is 1. The van der Waals surface area contributed by atoms with E-state index in [2.05, 4.69) is 29.0 Å². The van der Waals surface area contributed by atoms with Crippen molar-refractivity contribution in [1.82, 2.24) is 5.16 Å². The molecule has 1 aromatic heterocycles. The molecule has 21 heavy (non-hydrogen) atoms. The van der Waals surface area contributed by atoms with Crippen molar-refractivity contribution in [2.75, 3.05) is 7.11 Å². The zero-order valence-corrected chi connectivity index (χ0v) is 12.6. The van der Waals surface area contributed by atoms with Crippen LogP contribution in [-0.4, -0.2) is 12.3 Å². The highest BCUT2D eigenvalue weighted by atomic mass is 16.5. The van der Waals surface area contributed by atoms with Crippen LogP contribution in [-0.2, 0) is 6.54 Å². The summed E-state index contributed by atoms with van der Waals surface area (Å²) in [6, 6.07) is 6.00. The first-order chi connectivity index (χ1) is 10.1. The lowest BCUT2D eigenvalue weighted by Crippen LogP contribution is -1.95. The summed E-state index contributed by atoms with van der Waals surface area (Å²) < 4.78 is 10.7. The van der Waals surface area contributed by atoms with Crippen LogP contribution in [0.3, 0.4) is 0 Å². The lowest BCUT2D eigenvalue weighted by molar-refractivity contribution is 0.396. The van der Waals surface area contributed by atoms with Crippen LogP contribution in [0.4, 0.5) is 0 Å². The average Bonchev–Trinajstić information content (AvgIpc) is 2.85. The Hall–Kier alpha value is -2.46. The third-order valence-electron chi connectivity index (χ3n) is 3.42. The molecule has 0 atom stereocenters. The third-order valence-corrected chi connectivity index (χ3v) is 3.42. The van der Waals surface area contributed by atoms with Crippen LogP contribution >= 0.6 is 0 Å². The normalized spacial score (nSPS) is 10.5. The van der Waals surface area contributed by atoms with Crippen LogP contribution in [0, 0.1) is 6.92 Å². The second-order valence-electron chi connectivity index (χ2n) is 5.07. The van der Waals surface area contributed by atoms with E-state index in [1.807, 2.05) is 18.2 Å². The second-order valence-corrected chi connectivity index (χ2v) is 5.07. The number of benzene rings is 1. The summed E-state index contributed by atoms with van der Waals surface area (Å²) in [4.78, 5) is 2.80. The standard InChI is InChI=1S/C15H18N4O2/c1-9(2)11-5-6-14(20-4)12(7-11)15-13(8-17-19-16)10(3)21-18-15/h5-7,9H,8H2,1-4H3. The second kappa shape index (κ2) is 6.33. The highest BCUT2D eigenvalue weighted by Crippen LogP contribution is 2.35. The monoisotopic (exact) mass is 286 g/mol. The van der Waals surface area contributed by atoms with Gasteiger partial charge in [0, 0.05) is 16.0 Å². The van der Waals surface area contributed by atoms with Gasteiger partial charge >= 0.3 is 0 Å². The zero-order chi connectivity index (χ0) is 15.4. The summed E-state index contributed by atoms with van der Waals surface area (Å²) >= 11 is 0. The quantitative estimate of drug-likeness (QED) is 0.457. The Morgan fingerprint density at radius 2 is 2.19 bits per heavy atom. The predicted octanol–water partition coefficient (Wildman–Crippen LogP) is 4.59. The molecule has 0 saturated heterocycles. The number of ether oxygens (including phenoxy) is 1. The van der Waals surface area contributed by atoms with Crippen molar-refractivity contribution in [3.05, 3.63) is 45.5 Å². The molecule has 1 heterocycles. The molecule has 0 saturated carbocycles. The van der Waals surface area contributed by atoms with Crippen LogP contribution in [0.25, 0.3) is 21.7 Å². The molecule has 0 aliphatic rings. The molecule has 110 valence electrons. The largest absolute Gasteiger partial charge is 0.496 e. The van der Waals surface area contributed by atoms with Crippen molar-refractivity contribution in [3.63, 3.8) is 0 Å². The average molecular weight is 286 g/mol. The van der Waals surface area contributed by atoms with Crippen LogP contribution in [0.2, 0.25) is 0 Å². The van der Waals surface area contributed by atoms with E-state index in [0.29, 0.717) is 17.4 Å². The summed E-state index contributed by atoms with van der Waals surface area (Å²) in [5, 5.41) is 7.72. The molecule has 6 nitrogen and oxygen atoms in total. The Morgan fingerprint density at radius 1 is 1.43 bits per heavy atom. The number of methoxy groups -OCH3 is 1. The van der Waals surface area contributed by atoms with E-state index < -0.39 is 0 Å². The van der Waals surface area contributed by atoms with Gasteiger partial charge in [0.25, 0.3) is 0 Å². The molecule has 0 unspecified atom stereocenters. The third kappa shape index (κ3) is 3.01. The van der Waals surface area contributed by atoms with E-state index in [9.17, 15) is 0 Å². The van der Waals surface area contributed by atoms with E-state index in [-0.39, 0.29) is 6.54 Å². The van der Waals surface area contributed by atoms with Crippen molar-refractivity contribution in [2.24, 2.45) is 5.11 Å². The molecule has 0 aliphatic heterocycles. The topological polar surface area (TPSA) is 84.0 Å². The number of aromatic nitrogens is 1. The fraction of sp³-hybridized carbons (Fsp3) is 0.400. The fourth-order valence-corrected chi connectivity index (χ4v) is 2.16. The van der Waals surface area contributed by atoms with Gasteiger partial charge in [0.2, 0.25) is 0 Å². The maximum Gasteiger partial charge on any atom is 0.137 e. The van der Waals surface area contributed by atoms with E-state index in [4.69, 9.17) is 14.8 Å². The molecule has 2 rings (SSSR count). The first kappa shape index (κ1) is 14.9. The van der Waals surface area contributed by atoms with Crippen molar-refractivity contribution < 1.29 is 9.26 Å². The Balaban J connectivity index is 2.59. The van der Waals surface area contributed by atoms with E-state index in [0.717, 1.165) is 16.9 Å². The SMILES string of the molecule is COc1ccc(C(C)C)cc1-c1noc(C)c1CN=[N+]=[N-]. The molecule has 1 aromatic carbocycles. The molecule has 0 aliphatic carbocycles. The summed E-state index contributed by atoms with van der Waals surface area (Å²) in [7, 11) is 1.62. The lowest BCUT2D eigenvalue weighted by atomic mass is 9.97. The maximum atomic E-state index is 8.52. The predicted molar refractivity (Wildman–Crippen MR) is 80.2 cm³/mol. The van der Waals surface area contributed by atoms with Crippen LogP contribution in [0.5, 0.6) is 5.75 Å². The van der Waals surface area contributed by atoms with Gasteiger partial charge in [0.05, 0.1) is 13.7 Å². The molecule has 0 N–H and O–H groups in total. The van der Waals surface area contributed by atoms with Gasteiger partial charge in [-0.3, -0.25) is 0 Å². The van der Waals surface area contributed by atoms with Gasteiger partial charge < -0.3 is 9.26 Å². The zero-order valence-electron chi connectivity index (χ0n) is 12.6. The minimum Gasteiger partial charge on any atom is -0.496 e. The van der Waals surface area contributed by atoms with Crippen molar-refractivity contribution >= 4 is 0 Å². The smallest absolute Gasteiger partial charge is 0.137 e. The Kier molecular flexibility index (Phi) is 4.50. The van der Waals surface area contributed by atoms with Crippen LogP contribution in [0.15, 0.2) is 27.8 Å². The van der Waals surface area contributed by atoms with Gasteiger partial charge in [-0.15, -0.1) is 0 Å². The molecule has 0 radical (unpaired) electrons. The Bertz CT molecular complexity index is 685. The number of hydrogen-bond donors (Lipinski definition) is 0.